The molecule has 0 spiro atoms. The molecule has 0 aliphatic carbocycles. The Balaban J connectivity index is 1.87. The van der Waals surface area contributed by atoms with Gasteiger partial charge in [0.2, 0.25) is 0 Å². The van der Waals surface area contributed by atoms with Crippen molar-refractivity contribution < 1.29 is 4.79 Å². The van der Waals surface area contributed by atoms with E-state index in [1.807, 2.05) is 60.7 Å². The van der Waals surface area contributed by atoms with Crippen molar-refractivity contribution in [3.8, 4) is 11.8 Å². The molecule has 0 amide bonds. The molecule has 2 aromatic rings. The molecule has 0 N–H and O–H groups in total. The molecule has 2 aromatic carbocycles. The molecule has 0 fully saturated rings. The number of hydrogen-bond donors (Lipinski definition) is 0. The van der Waals surface area contributed by atoms with Gasteiger partial charge in [-0.15, -0.1) is 0 Å². The number of carbonyl (C=O) groups is 1. The lowest BCUT2D eigenvalue weighted by Crippen LogP contribution is -1.97. The summed E-state index contributed by atoms with van der Waals surface area (Å²) in [6, 6.07) is 19.2. The van der Waals surface area contributed by atoms with E-state index in [4.69, 9.17) is 0 Å². The fourth-order valence-corrected chi connectivity index (χ4v) is 1.63. The van der Waals surface area contributed by atoms with Crippen molar-refractivity contribution in [2.45, 2.75) is 12.8 Å². The van der Waals surface area contributed by atoms with Crippen LogP contribution in [-0.2, 0) is 0 Å². The van der Waals surface area contributed by atoms with E-state index in [1.165, 1.54) is 0 Å². The summed E-state index contributed by atoms with van der Waals surface area (Å²) in [6.07, 6.45) is 1.08. The summed E-state index contributed by atoms with van der Waals surface area (Å²) >= 11 is 0. The van der Waals surface area contributed by atoms with Gasteiger partial charge in [-0.05, 0) is 12.1 Å². The maximum absolute atomic E-state index is 11.8. The third kappa shape index (κ3) is 3.61. The van der Waals surface area contributed by atoms with Gasteiger partial charge in [0.15, 0.2) is 5.78 Å². The molecule has 0 atom stereocenters. The van der Waals surface area contributed by atoms with Crippen molar-refractivity contribution in [3.05, 3.63) is 71.8 Å². The molecular formula is C17H14O. The van der Waals surface area contributed by atoms with Crippen LogP contribution in [-0.4, -0.2) is 5.78 Å². The van der Waals surface area contributed by atoms with E-state index in [9.17, 15) is 4.79 Å². The van der Waals surface area contributed by atoms with E-state index in [1.54, 1.807) is 0 Å². The first kappa shape index (κ1) is 12.1. The Morgan fingerprint density at radius 2 is 1.50 bits per heavy atom. The van der Waals surface area contributed by atoms with Crippen LogP contribution in [0, 0.1) is 11.8 Å². The van der Waals surface area contributed by atoms with Gasteiger partial charge in [0, 0.05) is 24.0 Å². The normalized spacial score (nSPS) is 9.33. The van der Waals surface area contributed by atoms with Crippen LogP contribution in [0.3, 0.4) is 0 Å². The van der Waals surface area contributed by atoms with Gasteiger partial charge in [-0.3, -0.25) is 4.79 Å². The molecule has 0 radical (unpaired) electrons. The lowest BCUT2D eigenvalue weighted by atomic mass is 10.1. The topological polar surface area (TPSA) is 17.1 Å². The molecular weight excluding hydrogens is 220 g/mol. The fourth-order valence-electron chi connectivity index (χ4n) is 1.63. The number of benzene rings is 2. The Hall–Kier alpha value is -2.33. The number of hydrogen-bond acceptors (Lipinski definition) is 1. The first-order valence-corrected chi connectivity index (χ1v) is 5.98. The summed E-state index contributed by atoms with van der Waals surface area (Å²) in [5.74, 6) is 6.23. The van der Waals surface area contributed by atoms with E-state index < -0.39 is 0 Å². The van der Waals surface area contributed by atoms with Gasteiger partial charge in [-0.2, -0.15) is 0 Å². The van der Waals surface area contributed by atoms with Gasteiger partial charge >= 0.3 is 0 Å². The highest BCUT2D eigenvalue weighted by atomic mass is 16.1. The zero-order valence-electron chi connectivity index (χ0n) is 10.1. The van der Waals surface area contributed by atoms with E-state index in [0.29, 0.717) is 12.8 Å². The average Bonchev–Trinajstić information content (AvgIpc) is 2.45. The van der Waals surface area contributed by atoms with Crippen LogP contribution < -0.4 is 0 Å². The first-order chi connectivity index (χ1) is 8.86. The molecule has 88 valence electrons. The second kappa shape index (κ2) is 6.42. The number of carbonyl (C=O) groups excluding carboxylic acids is 1. The quantitative estimate of drug-likeness (QED) is 0.584. The molecule has 0 unspecified atom stereocenters. The molecule has 1 heteroatoms. The number of rotatable bonds is 3. The smallest absolute Gasteiger partial charge is 0.163 e. The molecule has 18 heavy (non-hydrogen) atoms. The molecule has 2 rings (SSSR count). The summed E-state index contributed by atoms with van der Waals surface area (Å²) in [4.78, 5) is 11.8. The van der Waals surface area contributed by atoms with Crippen LogP contribution in [0.25, 0.3) is 0 Å². The van der Waals surface area contributed by atoms with Crippen LogP contribution in [0.5, 0.6) is 0 Å². The Bertz CT molecular complexity index is 559. The van der Waals surface area contributed by atoms with Crippen molar-refractivity contribution in [2.24, 2.45) is 0 Å². The van der Waals surface area contributed by atoms with Gasteiger partial charge in [0.25, 0.3) is 0 Å². The van der Waals surface area contributed by atoms with Gasteiger partial charge in [-0.1, -0.05) is 60.4 Å². The molecule has 0 bridgehead atoms. The molecule has 0 saturated heterocycles. The predicted octanol–water partition coefficient (Wildman–Crippen LogP) is 3.70. The lowest BCUT2D eigenvalue weighted by Gasteiger charge is -1.96. The predicted molar refractivity (Wildman–Crippen MR) is 73.3 cm³/mol. The monoisotopic (exact) mass is 234 g/mol. The highest BCUT2D eigenvalue weighted by Crippen LogP contribution is 2.04. The van der Waals surface area contributed by atoms with Crippen LogP contribution in [0.15, 0.2) is 60.7 Å². The summed E-state index contributed by atoms with van der Waals surface area (Å²) in [5.41, 5.74) is 1.75. The zero-order valence-corrected chi connectivity index (χ0v) is 10.1. The molecule has 0 aliphatic heterocycles. The van der Waals surface area contributed by atoms with Crippen molar-refractivity contribution in [2.75, 3.05) is 0 Å². The van der Waals surface area contributed by atoms with E-state index in [-0.39, 0.29) is 5.78 Å². The summed E-state index contributed by atoms with van der Waals surface area (Å²) in [5, 5.41) is 0. The first-order valence-electron chi connectivity index (χ1n) is 5.98. The second-order valence-electron chi connectivity index (χ2n) is 3.96. The van der Waals surface area contributed by atoms with Crippen LogP contribution >= 0.6 is 0 Å². The third-order valence-electron chi connectivity index (χ3n) is 2.58. The summed E-state index contributed by atoms with van der Waals surface area (Å²) < 4.78 is 0. The van der Waals surface area contributed by atoms with Crippen molar-refractivity contribution in [1.82, 2.24) is 0 Å². The second-order valence-corrected chi connectivity index (χ2v) is 3.96. The van der Waals surface area contributed by atoms with Crippen LogP contribution in [0.4, 0.5) is 0 Å². The SMILES string of the molecule is O=C(CCC#Cc1ccccc1)c1ccccc1. The third-order valence-corrected chi connectivity index (χ3v) is 2.58. The average molecular weight is 234 g/mol. The fraction of sp³-hybridized carbons (Fsp3) is 0.118. The Kier molecular flexibility index (Phi) is 4.33. The van der Waals surface area contributed by atoms with Crippen molar-refractivity contribution >= 4 is 5.78 Å². The van der Waals surface area contributed by atoms with Crippen LogP contribution in [0.2, 0.25) is 0 Å². The molecule has 0 aromatic heterocycles. The van der Waals surface area contributed by atoms with Gasteiger partial charge in [0.1, 0.15) is 0 Å². The summed E-state index contributed by atoms with van der Waals surface area (Å²) in [7, 11) is 0. The zero-order chi connectivity index (χ0) is 12.6. The van der Waals surface area contributed by atoms with Crippen molar-refractivity contribution in [1.29, 1.82) is 0 Å². The van der Waals surface area contributed by atoms with E-state index in [0.717, 1.165) is 11.1 Å². The number of Topliss-reactive ketones (excluding diaryl/α,β-unsaturated/α-hetero) is 1. The minimum Gasteiger partial charge on any atom is -0.294 e. The number of ketones is 1. The molecule has 0 aliphatic rings. The standard InChI is InChI=1S/C17H14O/c18-17(16-12-5-2-6-13-16)14-8-7-11-15-9-3-1-4-10-15/h1-6,9-10,12-13H,8,14H2. The summed E-state index contributed by atoms with van der Waals surface area (Å²) in [6.45, 7) is 0. The minimum atomic E-state index is 0.151. The van der Waals surface area contributed by atoms with Crippen molar-refractivity contribution in [3.63, 3.8) is 0 Å². The Morgan fingerprint density at radius 3 is 2.17 bits per heavy atom. The Labute approximate surface area is 107 Å². The maximum Gasteiger partial charge on any atom is 0.163 e. The van der Waals surface area contributed by atoms with Gasteiger partial charge in [-0.25, -0.2) is 0 Å². The van der Waals surface area contributed by atoms with Gasteiger partial charge in [0.05, 0.1) is 0 Å². The molecule has 0 saturated carbocycles. The van der Waals surface area contributed by atoms with Gasteiger partial charge < -0.3 is 0 Å². The highest BCUT2D eigenvalue weighted by molar-refractivity contribution is 5.96. The van der Waals surface area contributed by atoms with Crippen LogP contribution in [0.1, 0.15) is 28.8 Å². The maximum atomic E-state index is 11.8. The highest BCUT2D eigenvalue weighted by Gasteiger charge is 2.02. The minimum absolute atomic E-state index is 0.151. The van der Waals surface area contributed by atoms with E-state index >= 15 is 0 Å². The Morgan fingerprint density at radius 1 is 0.889 bits per heavy atom. The lowest BCUT2D eigenvalue weighted by molar-refractivity contribution is 0.0984. The molecule has 0 heterocycles. The van der Waals surface area contributed by atoms with E-state index in [2.05, 4.69) is 11.8 Å². The largest absolute Gasteiger partial charge is 0.294 e. The molecule has 1 nitrogen and oxygen atoms in total.